The fraction of sp³-hybridized carbons (Fsp3) is 0.273. The van der Waals surface area contributed by atoms with Crippen molar-refractivity contribution in [3.05, 3.63) is 28.6 Å². The summed E-state index contributed by atoms with van der Waals surface area (Å²) in [5.74, 6) is 2.08. The standard InChI is InChI=1S/C11H10N2S4/c1-2-9(14-4-1)10-13-8(6-16-10)7-17-11-12-3-5-15-11/h1-2,4,6H,3,5,7H2. The Bertz CT molecular complexity index is 515. The van der Waals surface area contributed by atoms with E-state index in [-0.39, 0.29) is 0 Å². The minimum absolute atomic E-state index is 0.938. The second kappa shape index (κ2) is 5.56. The topological polar surface area (TPSA) is 25.2 Å². The smallest absolute Gasteiger partial charge is 0.133 e. The molecular formula is C11H10N2S4. The van der Waals surface area contributed by atoms with Gasteiger partial charge in [0.1, 0.15) is 9.38 Å². The molecule has 3 heterocycles. The molecule has 6 heteroatoms. The summed E-state index contributed by atoms with van der Waals surface area (Å²) in [6.45, 7) is 0.977. The summed E-state index contributed by atoms with van der Waals surface area (Å²) < 4.78 is 1.22. The van der Waals surface area contributed by atoms with Crippen LogP contribution in [0.1, 0.15) is 5.69 Å². The van der Waals surface area contributed by atoms with E-state index in [9.17, 15) is 0 Å². The van der Waals surface area contributed by atoms with Crippen LogP contribution in [-0.4, -0.2) is 21.7 Å². The maximum absolute atomic E-state index is 4.66. The van der Waals surface area contributed by atoms with Crippen molar-refractivity contribution >= 4 is 50.6 Å². The third-order valence-corrected chi connectivity index (χ3v) is 6.40. The first kappa shape index (κ1) is 11.8. The zero-order valence-corrected chi connectivity index (χ0v) is 12.2. The van der Waals surface area contributed by atoms with Crippen molar-refractivity contribution in [1.82, 2.24) is 4.98 Å². The lowest BCUT2D eigenvalue weighted by Crippen LogP contribution is -1.85. The molecule has 0 saturated carbocycles. The van der Waals surface area contributed by atoms with E-state index in [1.54, 1.807) is 22.7 Å². The van der Waals surface area contributed by atoms with Gasteiger partial charge in [0.2, 0.25) is 0 Å². The van der Waals surface area contributed by atoms with Crippen molar-refractivity contribution in [2.45, 2.75) is 5.75 Å². The molecule has 17 heavy (non-hydrogen) atoms. The van der Waals surface area contributed by atoms with Gasteiger partial charge in [-0.2, -0.15) is 0 Å². The van der Waals surface area contributed by atoms with Crippen molar-refractivity contribution in [2.75, 3.05) is 12.3 Å². The Hall–Kier alpha value is -0.300. The van der Waals surface area contributed by atoms with Crippen LogP contribution in [0.2, 0.25) is 0 Å². The molecule has 3 rings (SSSR count). The van der Waals surface area contributed by atoms with Gasteiger partial charge in [0.15, 0.2) is 0 Å². The SMILES string of the molecule is c1csc(-c2nc(CSC3=NCCS3)cs2)c1. The van der Waals surface area contributed by atoms with Gasteiger partial charge in [0.25, 0.3) is 0 Å². The van der Waals surface area contributed by atoms with E-state index in [1.807, 2.05) is 23.5 Å². The minimum atomic E-state index is 0.938. The molecular weight excluding hydrogens is 288 g/mol. The molecule has 0 bridgehead atoms. The predicted octanol–water partition coefficient (Wildman–Crippen LogP) is 4.21. The van der Waals surface area contributed by atoms with Crippen LogP contribution in [0.5, 0.6) is 0 Å². The number of aromatic nitrogens is 1. The summed E-state index contributed by atoms with van der Waals surface area (Å²) in [6.07, 6.45) is 0. The number of thiophene rings is 1. The van der Waals surface area contributed by atoms with Crippen LogP contribution >= 0.6 is 46.2 Å². The third kappa shape index (κ3) is 2.93. The van der Waals surface area contributed by atoms with Gasteiger partial charge in [-0.15, -0.1) is 22.7 Å². The Kier molecular flexibility index (Phi) is 3.85. The molecule has 0 fully saturated rings. The lowest BCUT2D eigenvalue weighted by Gasteiger charge is -1.96. The van der Waals surface area contributed by atoms with Crippen LogP contribution in [0.4, 0.5) is 0 Å². The van der Waals surface area contributed by atoms with E-state index >= 15 is 0 Å². The highest BCUT2D eigenvalue weighted by molar-refractivity contribution is 8.38. The zero-order chi connectivity index (χ0) is 11.5. The number of nitrogens with zero attached hydrogens (tertiary/aromatic N) is 2. The second-order valence-electron chi connectivity index (χ2n) is 3.41. The van der Waals surface area contributed by atoms with E-state index < -0.39 is 0 Å². The van der Waals surface area contributed by atoms with Gasteiger partial charge in [-0.1, -0.05) is 29.6 Å². The summed E-state index contributed by atoms with van der Waals surface area (Å²) in [6, 6.07) is 4.19. The van der Waals surface area contributed by atoms with Crippen LogP contribution in [-0.2, 0) is 5.75 Å². The molecule has 0 amide bonds. The van der Waals surface area contributed by atoms with Crippen LogP contribution in [0.3, 0.4) is 0 Å². The summed E-state index contributed by atoms with van der Waals surface area (Å²) in [5.41, 5.74) is 1.17. The summed E-state index contributed by atoms with van der Waals surface area (Å²) in [7, 11) is 0. The summed E-state index contributed by atoms with van der Waals surface area (Å²) in [5, 5.41) is 5.38. The maximum atomic E-state index is 4.66. The highest BCUT2D eigenvalue weighted by Gasteiger charge is 2.10. The molecule has 0 unspecified atom stereocenters. The minimum Gasteiger partial charge on any atom is -0.271 e. The molecule has 2 aromatic heterocycles. The Labute approximate surface area is 117 Å². The number of rotatable bonds is 3. The van der Waals surface area contributed by atoms with Crippen molar-refractivity contribution < 1.29 is 0 Å². The number of aliphatic imine (C=N–C) groups is 1. The molecule has 88 valence electrons. The monoisotopic (exact) mass is 298 g/mol. The second-order valence-corrected chi connectivity index (χ2v) is 7.52. The molecule has 0 atom stereocenters. The number of thioether (sulfide) groups is 2. The molecule has 0 saturated heterocycles. The molecule has 0 spiro atoms. The molecule has 0 radical (unpaired) electrons. The fourth-order valence-corrected chi connectivity index (χ4v) is 5.07. The van der Waals surface area contributed by atoms with E-state index in [2.05, 4.69) is 32.9 Å². The van der Waals surface area contributed by atoms with Gasteiger partial charge in [-0.3, -0.25) is 4.99 Å². The Balaban J connectivity index is 1.64. The van der Waals surface area contributed by atoms with Crippen molar-refractivity contribution in [3.8, 4) is 9.88 Å². The summed E-state index contributed by atoms with van der Waals surface area (Å²) in [4.78, 5) is 10.3. The Morgan fingerprint density at radius 1 is 1.35 bits per heavy atom. The van der Waals surface area contributed by atoms with E-state index in [0.29, 0.717) is 0 Å². The molecule has 1 aliphatic rings. The number of hydrogen-bond acceptors (Lipinski definition) is 6. The van der Waals surface area contributed by atoms with Crippen LogP contribution in [0, 0.1) is 0 Å². The van der Waals surface area contributed by atoms with Gasteiger partial charge in [0, 0.05) is 16.9 Å². The highest BCUT2D eigenvalue weighted by Crippen LogP contribution is 2.30. The zero-order valence-electron chi connectivity index (χ0n) is 8.96. The normalized spacial score (nSPS) is 15.2. The first-order valence-electron chi connectivity index (χ1n) is 5.20. The van der Waals surface area contributed by atoms with Gasteiger partial charge in [0.05, 0.1) is 17.1 Å². The van der Waals surface area contributed by atoms with E-state index in [1.165, 1.54) is 14.9 Å². The number of thiazole rings is 1. The van der Waals surface area contributed by atoms with Crippen molar-refractivity contribution in [2.24, 2.45) is 4.99 Å². The largest absolute Gasteiger partial charge is 0.271 e. The molecule has 1 aliphatic heterocycles. The first-order chi connectivity index (χ1) is 8.42. The average molecular weight is 298 g/mol. The van der Waals surface area contributed by atoms with Gasteiger partial charge < -0.3 is 0 Å². The molecule has 2 aromatic rings. The Morgan fingerprint density at radius 3 is 3.12 bits per heavy atom. The maximum Gasteiger partial charge on any atom is 0.133 e. The third-order valence-electron chi connectivity index (χ3n) is 2.18. The summed E-state index contributed by atoms with van der Waals surface area (Å²) >= 11 is 7.14. The van der Waals surface area contributed by atoms with Crippen molar-refractivity contribution in [3.63, 3.8) is 0 Å². The fourth-order valence-electron chi connectivity index (χ4n) is 1.43. The van der Waals surface area contributed by atoms with Crippen LogP contribution in [0.15, 0.2) is 27.9 Å². The first-order valence-corrected chi connectivity index (χ1v) is 8.93. The van der Waals surface area contributed by atoms with Crippen LogP contribution < -0.4 is 0 Å². The van der Waals surface area contributed by atoms with Gasteiger partial charge >= 0.3 is 0 Å². The van der Waals surface area contributed by atoms with Crippen molar-refractivity contribution in [1.29, 1.82) is 0 Å². The molecule has 2 nitrogen and oxygen atoms in total. The van der Waals surface area contributed by atoms with Gasteiger partial charge in [-0.25, -0.2) is 4.98 Å². The van der Waals surface area contributed by atoms with E-state index in [4.69, 9.17) is 0 Å². The van der Waals surface area contributed by atoms with E-state index in [0.717, 1.165) is 23.1 Å². The molecule has 0 aliphatic carbocycles. The predicted molar refractivity (Wildman–Crippen MR) is 81.5 cm³/mol. The van der Waals surface area contributed by atoms with Gasteiger partial charge in [-0.05, 0) is 11.4 Å². The molecule has 0 N–H and O–H groups in total. The number of hydrogen-bond donors (Lipinski definition) is 0. The van der Waals surface area contributed by atoms with Crippen LogP contribution in [0.25, 0.3) is 9.88 Å². The lowest BCUT2D eigenvalue weighted by atomic mass is 10.5. The quantitative estimate of drug-likeness (QED) is 0.849. The molecule has 0 aromatic carbocycles. The lowest BCUT2D eigenvalue weighted by molar-refractivity contribution is 1.18. The Morgan fingerprint density at radius 2 is 2.35 bits per heavy atom. The average Bonchev–Trinajstić information content (AvgIpc) is 3.09. The highest BCUT2D eigenvalue weighted by atomic mass is 32.2.